The van der Waals surface area contributed by atoms with Gasteiger partial charge in [-0.3, -0.25) is 0 Å². The lowest BCUT2D eigenvalue weighted by Crippen LogP contribution is -2.39. The Hall–Kier alpha value is -1.22. The van der Waals surface area contributed by atoms with E-state index in [4.69, 9.17) is 10.5 Å². The summed E-state index contributed by atoms with van der Waals surface area (Å²) in [5, 5.41) is 0. The van der Waals surface area contributed by atoms with Gasteiger partial charge in [-0.25, -0.2) is 0 Å². The van der Waals surface area contributed by atoms with Crippen LogP contribution in [0.15, 0.2) is 18.2 Å². The first-order chi connectivity index (χ1) is 10.2. The van der Waals surface area contributed by atoms with Crippen LogP contribution in [0.3, 0.4) is 0 Å². The molecule has 1 saturated carbocycles. The summed E-state index contributed by atoms with van der Waals surface area (Å²) in [6, 6.07) is 6.30. The Morgan fingerprint density at radius 2 is 1.81 bits per heavy atom. The molecule has 3 nitrogen and oxygen atoms in total. The first-order valence-electron chi connectivity index (χ1n) is 8.33. The van der Waals surface area contributed by atoms with Crippen molar-refractivity contribution in [1.29, 1.82) is 0 Å². The maximum atomic E-state index is 6.21. The van der Waals surface area contributed by atoms with Gasteiger partial charge >= 0.3 is 0 Å². The molecule has 1 unspecified atom stereocenters. The monoisotopic (exact) mass is 288 g/mol. The second-order valence-electron chi connectivity index (χ2n) is 6.88. The summed E-state index contributed by atoms with van der Waals surface area (Å²) in [6.07, 6.45) is 8.43. The van der Waals surface area contributed by atoms with E-state index in [2.05, 4.69) is 17.0 Å². The molecule has 2 N–H and O–H groups in total. The summed E-state index contributed by atoms with van der Waals surface area (Å²) in [7, 11) is 1.73. The number of rotatable bonds is 3. The Bertz CT molecular complexity index is 482. The number of hydrogen-bond acceptors (Lipinski definition) is 3. The molecule has 1 aliphatic heterocycles. The summed E-state index contributed by atoms with van der Waals surface area (Å²) < 4.78 is 5.52. The van der Waals surface area contributed by atoms with E-state index in [1.165, 1.54) is 44.2 Å². The molecule has 0 bridgehead atoms. The van der Waals surface area contributed by atoms with Crippen LogP contribution in [0, 0.1) is 5.41 Å². The van der Waals surface area contributed by atoms with Gasteiger partial charge in [0.1, 0.15) is 5.75 Å². The van der Waals surface area contributed by atoms with E-state index in [9.17, 15) is 0 Å². The number of piperidine rings is 1. The Balaban J connectivity index is 1.81. The maximum absolute atomic E-state index is 6.21. The molecule has 21 heavy (non-hydrogen) atoms. The third-order valence-electron chi connectivity index (χ3n) is 5.55. The van der Waals surface area contributed by atoms with Gasteiger partial charge in [0.15, 0.2) is 0 Å². The van der Waals surface area contributed by atoms with Crippen molar-refractivity contribution in [2.24, 2.45) is 11.1 Å². The molecule has 0 aromatic heterocycles. The number of ether oxygens (including phenoxy) is 1. The molecule has 1 aromatic rings. The highest BCUT2D eigenvalue weighted by molar-refractivity contribution is 5.61. The zero-order valence-corrected chi connectivity index (χ0v) is 13.4. The molecule has 0 radical (unpaired) electrons. The van der Waals surface area contributed by atoms with E-state index in [0.717, 1.165) is 24.4 Å². The number of nitrogens with zero attached hydrogens (tertiary/aromatic N) is 1. The van der Waals surface area contributed by atoms with Crippen LogP contribution in [-0.2, 0) is 0 Å². The zero-order valence-electron chi connectivity index (χ0n) is 13.4. The number of benzene rings is 1. The van der Waals surface area contributed by atoms with Crippen molar-refractivity contribution in [2.75, 3.05) is 25.1 Å². The highest BCUT2D eigenvalue weighted by atomic mass is 16.5. The molecule has 2 fully saturated rings. The molecule has 0 amide bonds. The van der Waals surface area contributed by atoms with E-state index < -0.39 is 0 Å². The van der Waals surface area contributed by atoms with Crippen LogP contribution in [0.1, 0.15) is 57.1 Å². The molecule has 1 spiro atoms. The number of anilines is 1. The number of hydrogen-bond donors (Lipinski definition) is 1. The molecule has 116 valence electrons. The minimum absolute atomic E-state index is 0.00137. The Labute approximate surface area is 128 Å². The summed E-state index contributed by atoms with van der Waals surface area (Å²) in [6.45, 7) is 4.36. The predicted molar refractivity (Wildman–Crippen MR) is 87.9 cm³/mol. The fourth-order valence-corrected chi connectivity index (χ4v) is 4.29. The van der Waals surface area contributed by atoms with E-state index in [-0.39, 0.29) is 6.04 Å². The Morgan fingerprint density at radius 3 is 2.38 bits per heavy atom. The summed E-state index contributed by atoms with van der Waals surface area (Å²) >= 11 is 0. The summed E-state index contributed by atoms with van der Waals surface area (Å²) in [5.74, 6) is 0.920. The van der Waals surface area contributed by atoms with Gasteiger partial charge in [0.2, 0.25) is 0 Å². The number of nitrogens with two attached hydrogens (primary N) is 1. The molecule has 1 aromatic carbocycles. The van der Waals surface area contributed by atoms with Gasteiger partial charge in [0.05, 0.1) is 7.11 Å². The molecular formula is C18H28N2O. The summed E-state index contributed by atoms with van der Waals surface area (Å²) in [5.41, 5.74) is 9.29. The predicted octanol–water partition coefficient (Wildman–Crippen LogP) is 3.88. The van der Waals surface area contributed by atoms with Crippen molar-refractivity contribution in [3.8, 4) is 5.75 Å². The van der Waals surface area contributed by atoms with Crippen LogP contribution in [-0.4, -0.2) is 20.2 Å². The van der Waals surface area contributed by atoms with Crippen molar-refractivity contribution in [2.45, 2.75) is 51.5 Å². The SMILES string of the molecule is COc1cccc(N2CCC3(CCCC3)CC2)c1C(C)N. The van der Waals surface area contributed by atoms with Crippen LogP contribution in [0.5, 0.6) is 5.75 Å². The van der Waals surface area contributed by atoms with Crippen molar-refractivity contribution in [3.05, 3.63) is 23.8 Å². The summed E-state index contributed by atoms with van der Waals surface area (Å²) in [4.78, 5) is 2.52. The second-order valence-corrected chi connectivity index (χ2v) is 6.88. The molecule has 2 aliphatic rings. The van der Waals surface area contributed by atoms with Gasteiger partial charge in [-0.15, -0.1) is 0 Å². The largest absolute Gasteiger partial charge is 0.496 e. The second kappa shape index (κ2) is 5.88. The van der Waals surface area contributed by atoms with Gasteiger partial charge in [-0.1, -0.05) is 18.9 Å². The van der Waals surface area contributed by atoms with Gasteiger partial charge < -0.3 is 15.4 Å². The van der Waals surface area contributed by atoms with Crippen LogP contribution in [0.4, 0.5) is 5.69 Å². The van der Waals surface area contributed by atoms with E-state index in [1.807, 2.05) is 13.0 Å². The van der Waals surface area contributed by atoms with Crippen molar-refractivity contribution in [1.82, 2.24) is 0 Å². The lowest BCUT2D eigenvalue weighted by atomic mass is 9.77. The van der Waals surface area contributed by atoms with E-state index >= 15 is 0 Å². The van der Waals surface area contributed by atoms with Gasteiger partial charge in [-0.05, 0) is 50.2 Å². The molecule has 3 heteroatoms. The minimum Gasteiger partial charge on any atom is -0.496 e. The normalized spacial score (nSPS) is 22.5. The highest BCUT2D eigenvalue weighted by Gasteiger charge is 2.37. The molecule has 1 saturated heterocycles. The van der Waals surface area contributed by atoms with Crippen LogP contribution in [0.2, 0.25) is 0 Å². The van der Waals surface area contributed by atoms with E-state index in [0.29, 0.717) is 5.41 Å². The number of methoxy groups -OCH3 is 1. The molecule has 1 heterocycles. The molecular weight excluding hydrogens is 260 g/mol. The van der Waals surface area contributed by atoms with Crippen molar-refractivity contribution < 1.29 is 4.74 Å². The maximum Gasteiger partial charge on any atom is 0.125 e. The van der Waals surface area contributed by atoms with Gasteiger partial charge in [0, 0.05) is 30.4 Å². The minimum atomic E-state index is -0.00137. The van der Waals surface area contributed by atoms with Crippen LogP contribution >= 0.6 is 0 Å². The van der Waals surface area contributed by atoms with E-state index in [1.54, 1.807) is 7.11 Å². The van der Waals surface area contributed by atoms with Gasteiger partial charge in [0.25, 0.3) is 0 Å². The average molecular weight is 288 g/mol. The lowest BCUT2D eigenvalue weighted by molar-refractivity contribution is 0.226. The molecule has 1 aliphatic carbocycles. The smallest absolute Gasteiger partial charge is 0.125 e. The zero-order chi connectivity index (χ0) is 14.9. The van der Waals surface area contributed by atoms with Crippen molar-refractivity contribution >= 4 is 5.69 Å². The van der Waals surface area contributed by atoms with Crippen LogP contribution < -0.4 is 15.4 Å². The first-order valence-corrected chi connectivity index (χ1v) is 8.33. The average Bonchev–Trinajstić information content (AvgIpc) is 2.95. The molecule has 1 atom stereocenters. The first kappa shape index (κ1) is 14.7. The standard InChI is InChI=1S/C18H28N2O/c1-14(19)17-15(6-5-7-16(17)21-2)20-12-10-18(11-13-20)8-3-4-9-18/h5-7,14H,3-4,8-13,19H2,1-2H3. The fraction of sp³-hybridized carbons (Fsp3) is 0.667. The Kier molecular flexibility index (Phi) is 4.12. The molecule has 3 rings (SSSR count). The van der Waals surface area contributed by atoms with Crippen molar-refractivity contribution in [3.63, 3.8) is 0 Å². The van der Waals surface area contributed by atoms with Crippen LogP contribution in [0.25, 0.3) is 0 Å². The third-order valence-corrected chi connectivity index (χ3v) is 5.55. The Morgan fingerprint density at radius 1 is 1.14 bits per heavy atom. The lowest BCUT2D eigenvalue weighted by Gasteiger charge is -2.41. The highest BCUT2D eigenvalue weighted by Crippen LogP contribution is 2.47. The topological polar surface area (TPSA) is 38.5 Å². The third kappa shape index (κ3) is 2.76. The fourth-order valence-electron chi connectivity index (χ4n) is 4.29. The van der Waals surface area contributed by atoms with Gasteiger partial charge in [-0.2, -0.15) is 0 Å². The quantitative estimate of drug-likeness (QED) is 0.917.